The number of nitrogens with one attached hydrogen (secondary N) is 3. The second-order valence-electron chi connectivity index (χ2n) is 6.79. The summed E-state index contributed by atoms with van der Waals surface area (Å²) in [5, 5.41) is 34.4. The van der Waals surface area contributed by atoms with Crippen molar-refractivity contribution >= 4 is 36.3 Å². The van der Waals surface area contributed by atoms with Crippen LogP contribution in [0.4, 0.5) is 0 Å². The smallest absolute Gasteiger partial charge is 0.328 e. The summed E-state index contributed by atoms with van der Waals surface area (Å²) in [4.78, 5) is 47.5. The maximum absolute atomic E-state index is 12.3. The fourth-order valence-electron chi connectivity index (χ4n) is 2.20. The maximum Gasteiger partial charge on any atom is 0.328 e. The summed E-state index contributed by atoms with van der Waals surface area (Å²) in [7, 11) is 0. The molecule has 11 nitrogen and oxygen atoms in total. The Hall–Kier alpha value is -1.89. The minimum atomic E-state index is -1.57. The second-order valence-corrected chi connectivity index (χ2v) is 7.15. The highest BCUT2D eigenvalue weighted by Gasteiger charge is 2.31. The van der Waals surface area contributed by atoms with E-state index in [-0.39, 0.29) is 11.7 Å². The number of carboxylic acids is 1. The highest BCUT2D eigenvalue weighted by atomic mass is 32.1. The number of aliphatic hydroxyl groups is 2. The number of hydrogen-bond donors (Lipinski definition) is 8. The van der Waals surface area contributed by atoms with Crippen molar-refractivity contribution in [2.45, 2.75) is 57.5 Å². The van der Waals surface area contributed by atoms with Crippen molar-refractivity contribution in [3.63, 3.8) is 0 Å². The first-order chi connectivity index (χ1) is 12.9. The van der Waals surface area contributed by atoms with E-state index in [0.717, 1.165) is 0 Å². The predicted octanol–water partition coefficient (Wildman–Crippen LogP) is -2.80. The summed E-state index contributed by atoms with van der Waals surface area (Å²) < 4.78 is 0. The van der Waals surface area contributed by atoms with Crippen LogP contribution < -0.4 is 21.7 Å². The first kappa shape index (κ1) is 26.1. The Morgan fingerprint density at radius 1 is 0.964 bits per heavy atom. The van der Waals surface area contributed by atoms with Gasteiger partial charge in [0.2, 0.25) is 17.7 Å². The van der Waals surface area contributed by atoms with Crippen LogP contribution in [0, 0.1) is 5.92 Å². The normalized spacial score (nSPS) is 16.4. The second kappa shape index (κ2) is 12.5. The van der Waals surface area contributed by atoms with Gasteiger partial charge in [-0.15, -0.1) is 0 Å². The Balaban J connectivity index is 4.97. The molecule has 0 rings (SSSR count). The summed E-state index contributed by atoms with van der Waals surface area (Å²) in [6.45, 7) is 4.19. The van der Waals surface area contributed by atoms with Gasteiger partial charge in [-0.25, -0.2) is 4.79 Å². The number of carbonyl (C=O) groups excluding carboxylic acids is 3. The monoisotopic (exact) mass is 422 g/mol. The molecule has 0 aliphatic carbocycles. The number of hydrogen-bond acceptors (Lipinski definition) is 8. The van der Waals surface area contributed by atoms with Crippen molar-refractivity contribution in [3.8, 4) is 0 Å². The van der Waals surface area contributed by atoms with Crippen molar-refractivity contribution in [1.29, 1.82) is 0 Å². The lowest BCUT2D eigenvalue weighted by molar-refractivity contribution is -0.145. The van der Waals surface area contributed by atoms with E-state index < -0.39 is 60.6 Å². The van der Waals surface area contributed by atoms with Crippen LogP contribution >= 0.6 is 12.6 Å². The molecule has 0 aliphatic heterocycles. The maximum atomic E-state index is 12.3. The van der Waals surface area contributed by atoms with Gasteiger partial charge in [0.05, 0.1) is 18.8 Å². The zero-order chi connectivity index (χ0) is 22.0. The Bertz CT molecular complexity index is 559. The molecule has 0 bridgehead atoms. The van der Waals surface area contributed by atoms with Crippen LogP contribution in [0.1, 0.15) is 27.2 Å². The molecule has 0 aliphatic rings. The van der Waals surface area contributed by atoms with Crippen LogP contribution in [0.5, 0.6) is 0 Å². The molecule has 3 amide bonds. The van der Waals surface area contributed by atoms with E-state index in [4.69, 9.17) is 10.8 Å². The van der Waals surface area contributed by atoms with Gasteiger partial charge in [-0.3, -0.25) is 14.4 Å². The Morgan fingerprint density at radius 2 is 1.46 bits per heavy atom. The van der Waals surface area contributed by atoms with Gasteiger partial charge < -0.3 is 37.0 Å². The van der Waals surface area contributed by atoms with E-state index >= 15 is 0 Å². The highest BCUT2D eigenvalue weighted by molar-refractivity contribution is 7.80. The minimum absolute atomic E-state index is 0.149. The first-order valence-corrected chi connectivity index (χ1v) is 9.37. The SMILES string of the molecule is CC(C)CC(N)C(=O)NC(CO)C(=O)NC(CS)C(=O)NC(C(=O)O)C(C)O. The third kappa shape index (κ3) is 8.87. The van der Waals surface area contributed by atoms with Gasteiger partial charge in [0.15, 0.2) is 6.04 Å². The van der Waals surface area contributed by atoms with Gasteiger partial charge in [0.1, 0.15) is 12.1 Å². The average molecular weight is 423 g/mol. The average Bonchev–Trinajstić information content (AvgIpc) is 2.59. The van der Waals surface area contributed by atoms with Gasteiger partial charge in [-0.1, -0.05) is 13.8 Å². The summed E-state index contributed by atoms with van der Waals surface area (Å²) in [5.41, 5.74) is 5.73. The van der Waals surface area contributed by atoms with Crippen LogP contribution in [0.25, 0.3) is 0 Å². The van der Waals surface area contributed by atoms with E-state index in [1.54, 1.807) is 0 Å². The molecule has 0 aromatic rings. The fraction of sp³-hybridized carbons (Fsp3) is 0.750. The van der Waals surface area contributed by atoms with E-state index in [9.17, 15) is 29.4 Å². The van der Waals surface area contributed by atoms with E-state index in [2.05, 4.69) is 28.6 Å². The molecule has 0 aromatic heterocycles. The summed E-state index contributed by atoms with van der Waals surface area (Å²) >= 11 is 3.94. The summed E-state index contributed by atoms with van der Waals surface area (Å²) in [6.07, 6.45) is -0.993. The number of rotatable bonds is 12. The Morgan fingerprint density at radius 3 is 1.86 bits per heavy atom. The van der Waals surface area contributed by atoms with E-state index in [0.29, 0.717) is 6.42 Å². The quantitative estimate of drug-likeness (QED) is 0.155. The van der Waals surface area contributed by atoms with Gasteiger partial charge in [-0.05, 0) is 19.3 Å². The van der Waals surface area contributed by atoms with E-state index in [1.165, 1.54) is 6.92 Å². The highest BCUT2D eigenvalue weighted by Crippen LogP contribution is 2.03. The lowest BCUT2D eigenvalue weighted by Crippen LogP contribution is -2.59. The van der Waals surface area contributed by atoms with Crippen molar-refractivity contribution in [3.05, 3.63) is 0 Å². The van der Waals surface area contributed by atoms with E-state index in [1.807, 2.05) is 13.8 Å². The zero-order valence-electron chi connectivity index (χ0n) is 16.1. The molecule has 0 aromatic carbocycles. The van der Waals surface area contributed by atoms with Crippen molar-refractivity contribution in [2.75, 3.05) is 12.4 Å². The number of aliphatic hydroxyl groups excluding tert-OH is 2. The minimum Gasteiger partial charge on any atom is -0.480 e. The number of thiol groups is 1. The predicted molar refractivity (Wildman–Crippen MR) is 103 cm³/mol. The number of amides is 3. The van der Waals surface area contributed by atoms with Crippen LogP contribution in [-0.4, -0.2) is 81.6 Å². The molecule has 0 saturated heterocycles. The lowest BCUT2D eigenvalue weighted by atomic mass is 10.0. The third-order valence-electron chi connectivity index (χ3n) is 3.74. The number of carboxylic acid groups (broad SMARTS) is 1. The van der Waals surface area contributed by atoms with Crippen molar-refractivity contribution in [2.24, 2.45) is 11.7 Å². The van der Waals surface area contributed by atoms with Gasteiger partial charge in [0.25, 0.3) is 0 Å². The molecule has 12 heteroatoms. The molecule has 0 fully saturated rings. The molecular weight excluding hydrogens is 392 g/mol. The molecule has 5 atom stereocenters. The number of nitrogens with two attached hydrogens (primary N) is 1. The Kier molecular flexibility index (Phi) is 11.7. The summed E-state index contributed by atoms with van der Waals surface area (Å²) in [5.74, 6) is -3.89. The molecule has 0 spiro atoms. The summed E-state index contributed by atoms with van der Waals surface area (Å²) in [6, 6.07) is -5.05. The standard InChI is InChI=1S/C16H30N4O7S/c1-7(2)4-9(17)13(23)18-10(5-21)14(24)19-11(6-28)15(25)20-12(8(3)22)16(26)27/h7-12,21-22,28H,4-6,17H2,1-3H3,(H,18,23)(H,19,24)(H,20,25)(H,26,27). The van der Waals surface area contributed by atoms with Crippen molar-refractivity contribution < 1.29 is 34.5 Å². The van der Waals surface area contributed by atoms with Crippen LogP contribution in [0.3, 0.4) is 0 Å². The third-order valence-corrected chi connectivity index (χ3v) is 4.10. The number of carbonyl (C=O) groups is 4. The molecule has 28 heavy (non-hydrogen) atoms. The Labute approximate surface area is 168 Å². The molecular formula is C16H30N4O7S. The van der Waals surface area contributed by atoms with Gasteiger partial charge in [0, 0.05) is 5.75 Å². The fourth-order valence-corrected chi connectivity index (χ4v) is 2.45. The molecule has 0 heterocycles. The largest absolute Gasteiger partial charge is 0.480 e. The molecule has 0 radical (unpaired) electrons. The zero-order valence-corrected chi connectivity index (χ0v) is 17.0. The van der Waals surface area contributed by atoms with Gasteiger partial charge >= 0.3 is 5.97 Å². The van der Waals surface area contributed by atoms with Crippen LogP contribution in [0.15, 0.2) is 0 Å². The molecule has 5 unspecified atom stereocenters. The van der Waals surface area contributed by atoms with Gasteiger partial charge in [-0.2, -0.15) is 12.6 Å². The van der Waals surface area contributed by atoms with Crippen molar-refractivity contribution in [1.82, 2.24) is 16.0 Å². The number of aliphatic carboxylic acids is 1. The molecule has 8 N–H and O–H groups in total. The molecule has 0 saturated carbocycles. The van der Waals surface area contributed by atoms with Crippen LogP contribution in [-0.2, 0) is 19.2 Å². The molecule has 162 valence electrons. The lowest BCUT2D eigenvalue weighted by Gasteiger charge is -2.24. The van der Waals surface area contributed by atoms with Crippen LogP contribution in [0.2, 0.25) is 0 Å². The topological polar surface area (TPSA) is 191 Å². The first-order valence-electron chi connectivity index (χ1n) is 8.73.